The second-order valence-electron chi connectivity index (χ2n) is 9.15. The van der Waals surface area contributed by atoms with Crippen LogP contribution in [0.15, 0.2) is 0 Å². The van der Waals surface area contributed by atoms with Gasteiger partial charge in [-0.1, -0.05) is 0 Å². The van der Waals surface area contributed by atoms with Gasteiger partial charge in [-0.25, -0.2) is 0 Å². The molecular formula is C17H23I2N2O6+. The summed E-state index contributed by atoms with van der Waals surface area (Å²) in [4.78, 5) is 38.2. The van der Waals surface area contributed by atoms with Gasteiger partial charge in [-0.15, -0.1) is 0 Å². The van der Waals surface area contributed by atoms with Gasteiger partial charge >= 0.3 is 179 Å². The summed E-state index contributed by atoms with van der Waals surface area (Å²) in [5.41, 5.74) is -0.632. The van der Waals surface area contributed by atoms with Crippen LogP contribution in [0.2, 0.25) is 0 Å². The van der Waals surface area contributed by atoms with Crippen LogP contribution < -0.4 is 7.06 Å². The van der Waals surface area contributed by atoms with E-state index in [0.29, 0.717) is 6.42 Å². The van der Waals surface area contributed by atoms with Crippen molar-refractivity contribution in [3.8, 4) is 0 Å². The molecule has 10 heteroatoms. The van der Waals surface area contributed by atoms with Crippen LogP contribution in [0.1, 0.15) is 34.1 Å². The van der Waals surface area contributed by atoms with Crippen LogP contribution in [0.4, 0.5) is 0 Å². The molecule has 8 unspecified atom stereocenters. The molecule has 0 radical (unpaired) electrons. The number of hydrogen-bond acceptors (Lipinski definition) is 7. The van der Waals surface area contributed by atoms with Gasteiger partial charge in [0, 0.05) is 0 Å². The summed E-state index contributed by atoms with van der Waals surface area (Å²) in [5.74, 6) is -2.37. The third-order valence-electron chi connectivity index (χ3n) is 6.27. The second-order valence-corrected chi connectivity index (χ2v) is 16.0. The Labute approximate surface area is 178 Å². The van der Waals surface area contributed by atoms with Crippen LogP contribution in [-0.2, 0) is 28.6 Å². The topological polar surface area (TPSA) is 117 Å². The van der Waals surface area contributed by atoms with Crippen molar-refractivity contribution in [2.24, 2.45) is 23.7 Å². The molecule has 8 nitrogen and oxygen atoms in total. The average Bonchev–Trinajstić information content (AvgIpc) is 3.28. The predicted octanol–water partition coefficient (Wildman–Crippen LogP) is 0.412. The quantitative estimate of drug-likeness (QED) is 0.0908. The van der Waals surface area contributed by atoms with Gasteiger partial charge < -0.3 is 0 Å². The van der Waals surface area contributed by atoms with Crippen LogP contribution in [-0.4, -0.2) is 42.8 Å². The van der Waals surface area contributed by atoms with Gasteiger partial charge in [0.2, 0.25) is 0 Å². The molecule has 5 fully saturated rings. The summed E-state index contributed by atoms with van der Waals surface area (Å²) in [5, 5.41) is 0. The molecule has 5 aliphatic rings. The Hall–Kier alpha value is -0.210. The molecule has 0 aromatic rings. The van der Waals surface area contributed by atoms with Gasteiger partial charge in [-0.3, -0.25) is 0 Å². The number of halogens is 2. The number of esters is 3. The molecule has 8 atom stereocenters. The van der Waals surface area contributed by atoms with E-state index in [-0.39, 0.29) is 33.4 Å². The minimum atomic E-state index is -1.19. The third kappa shape index (κ3) is 2.54. The number of carbonyl (C=O) groups excluding carboxylic acids is 3. The molecule has 3 saturated heterocycles. The van der Waals surface area contributed by atoms with Gasteiger partial charge in [0.05, 0.1) is 0 Å². The Bertz CT molecular complexity index is 759. The molecule has 2 aliphatic carbocycles. The standard InChI is InChI=1S/C17H22I2N2O6/c1-15(2,3)27-13(23)9-7-5-6-8(9)12(22)25-10(6)11(7)26-14(24)16(4,18)17-19(20-17)21-17/h6-11,20-21H,5H2,1-4H3/p+1. The Morgan fingerprint density at radius 3 is 2.52 bits per heavy atom. The van der Waals surface area contributed by atoms with Crippen LogP contribution in [0.25, 0.3) is 0 Å². The molecule has 3 aliphatic heterocycles. The maximum absolute atomic E-state index is 13.0. The number of nitrogens with two attached hydrogens (primary N) is 1. The van der Waals surface area contributed by atoms with E-state index in [4.69, 9.17) is 14.2 Å². The number of rotatable bonds is 4. The summed E-state index contributed by atoms with van der Waals surface area (Å²) < 4.78 is 21.9. The molecular weight excluding hydrogens is 582 g/mol. The molecule has 5 rings (SSSR count). The molecule has 2 saturated carbocycles. The zero-order valence-electron chi connectivity index (χ0n) is 15.5. The summed E-state index contributed by atoms with van der Waals surface area (Å²) in [6.45, 7) is 7.32. The van der Waals surface area contributed by atoms with Crippen molar-refractivity contribution >= 4 is 60.9 Å². The molecule has 3 heterocycles. The van der Waals surface area contributed by atoms with Gasteiger partial charge in [0.1, 0.15) is 0 Å². The number of quaternary nitrogens is 1. The number of ether oxygens (including phenoxy) is 3. The summed E-state index contributed by atoms with van der Waals surface area (Å²) >= 11 is 0.982. The number of hydrogen-bond donors (Lipinski definition) is 2. The van der Waals surface area contributed by atoms with Crippen molar-refractivity contribution in [1.29, 1.82) is 0 Å². The van der Waals surface area contributed by atoms with E-state index in [0.717, 1.165) is 0 Å². The Balaban J connectivity index is 1.37. The average molecular weight is 605 g/mol. The Morgan fingerprint density at radius 1 is 1.33 bits per heavy atom. The van der Waals surface area contributed by atoms with E-state index < -0.39 is 53.4 Å². The zero-order chi connectivity index (χ0) is 19.5. The van der Waals surface area contributed by atoms with Crippen molar-refractivity contribution in [1.82, 2.24) is 3.53 Å². The first kappa shape index (κ1) is 18.8. The van der Waals surface area contributed by atoms with Crippen LogP contribution in [0, 0.1) is 23.7 Å². The number of nitrogens with one attached hydrogen (secondary N) is 1. The summed E-state index contributed by atoms with van der Waals surface area (Å²) in [6.07, 6.45) is -0.327. The van der Waals surface area contributed by atoms with E-state index in [2.05, 4.69) is 29.7 Å². The SMILES string of the molecule is CC(C)(C)OC(=O)C1C2CC3C(OC(=O)C31)C2OC(=O)C(C)(I)C12NI1[NH2+]2. The fourth-order valence-electron chi connectivity index (χ4n) is 4.86. The third-order valence-corrected chi connectivity index (χ3v) is 13.9. The number of fused-ring (bicyclic) bond motifs is 2. The van der Waals surface area contributed by atoms with Crippen LogP contribution in [0.5, 0.6) is 0 Å². The molecule has 0 aromatic heterocycles. The maximum atomic E-state index is 13.0. The molecule has 3 N–H and O–H groups in total. The van der Waals surface area contributed by atoms with Crippen molar-refractivity contribution in [3.05, 3.63) is 0 Å². The van der Waals surface area contributed by atoms with E-state index >= 15 is 0 Å². The van der Waals surface area contributed by atoms with Crippen molar-refractivity contribution in [2.45, 2.75) is 59.0 Å². The number of alkyl halides is 2. The zero-order valence-corrected chi connectivity index (χ0v) is 19.8. The van der Waals surface area contributed by atoms with E-state index in [1.807, 2.05) is 27.7 Å². The van der Waals surface area contributed by atoms with E-state index in [9.17, 15) is 14.4 Å². The van der Waals surface area contributed by atoms with Gasteiger partial charge in [-0.2, -0.15) is 0 Å². The van der Waals surface area contributed by atoms with Gasteiger partial charge in [0.25, 0.3) is 0 Å². The monoisotopic (exact) mass is 605 g/mol. The molecule has 27 heavy (non-hydrogen) atoms. The normalized spacial score (nSPS) is 46.4. The van der Waals surface area contributed by atoms with Gasteiger partial charge in [-0.05, 0) is 0 Å². The van der Waals surface area contributed by atoms with E-state index in [1.165, 1.54) is 0 Å². The minimum absolute atomic E-state index is 0.0636. The summed E-state index contributed by atoms with van der Waals surface area (Å²) in [6, 6.07) is 0. The number of carbonyl (C=O) groups is 3. The first-order valence-corrected chi connectivity index (χ1v) is 13.6. The van der Waals surface area contributed by atoms with Crippen molar-refractivity contribution in [2.75, 3.05) is 0 Å². The van der Waals surface area contributed by atoms with Crippen LogP contribution >= 0.6 is 43.0 Å². The first-order valence-electron chi connectivity index (χ1n) is 9.12. The predicted molar refractivity (Wildman–Crippen MR) is 108 cm³/mol. The molecule has 0 aromatic carbocycles. The van der Waals surface area contributed by atoms with Gasteiger partial charge in [0.15, 0.2) is 0 Å². The summed E-state index contributed by atoms with van der Waals surface area (Å²) in [7, 11) is 0. The van der Waals surface area contributed by atoms with E-state index in [1.54, 1.807) is 0 Å². The van der Waals surface area contributed by atoms with Crippen molar-refractivity contribution < 1.29 is 32.1 Å². The molecule has 0 spiro atoms. The Kier molecular flexibility index (Phi) is 3.81. The fourth-order valence-corrected chi connectivity index (χ4v) is 13.4. The Morgan fingerprint density at radius 2 is 1.96 bits per heavy atom. The first-order chi connectivity index (χ1) is 12.5. The molecule has 150 valence electrons. The molecule has 2 bridgehead atoms. The molecule has 0 amide bonds. The van der Waals surface area contributed by atoms with Crippen LogP contribution in [0.3, 0.4) is 0 Å². The van der Waals surface area contributed by atoms with Crippen molar-refractivity contribution in [3.63, 3.8) is 0 Å². The second kappa shape index (κ2) is 5.48. The fraction of sp³-hybridized carbons (Fsp3) is 0.824.